The minimum Gasteiger partial charge on any atom is -0.497 e. The number of morpholine rings is 1. The molecule has 0 bridgehead atoms. The summed E-state index contributed by atoms with van der Waals surface area (Å²) in [4.78, 5) is 16.2. The summed E-state index contributed by atoms with van der Waals surface area (Å²) < 4.78 is 10.8. The first-order chi connectivity index (χ1) is 15.3. The molecule has 0 aliphatic carbocycles. The number of aliphatic imine (C=N–C) groups is 1. The second-order valence-electron chi connectivity index (χ2n) is 7.66. The van der Waals surface area contributed by atoms with E-state index in [1.807, 2.05) is 31.4 Å². The highest BCUT2D eigenvalue weighted by molar-refractivity contribution is 5.80. The molecule has 0 amide bonds. The van der Waals surface area contributed by atoms with E-state index in [-0.39, 0.29) is 0 Å². The summed E-state index contributed by atoms with van der Waals surface area (Å²) in [6, 6.07) is 12.4. The predicted octanol–water partition coefficient (Wildman–Crippen LogP) is 1.82. The van der Waals surface area contributed by atoms with Crippen LogP contribution in [-0.4, -0.2) is 82.5 Å². The standard InChI is InChI=1S/C23H32N6O2/c1-24-23(26-18-19-4-3-9-25-22(19)28-14-16-31-17-15-28)29-12-10-27(11-13-29)20-5-7-21(30-2)8-6-20/h3-9H,10-18H2,1-2H3,(H,24,26). The van der Waals surface area contributed by atoms with Crippen LogP contribution in [0, 0.1) is 0 Å². The lowest BCUT2D eigenvalue weighted by molar-refractivity contribution is 0.122. The number of guanidine groups is 1. The normalized spacial score (nSPS) is 17.6. The number of hydrogen-bond donors (Lipinski definition) is 1. The van der Waals surface area contributed by atoms with Crippen LogP contribution in [0.4, 0.5) is 11.5 Å². The Kier molecular flexibility index (Phi) is 7.09. The van der Waals surface area contributed by atoms with Gasteiger partial charge in [0.15, 0.2) is 5.96 Å². The maximum atomic E-state index is 5.49. The van der Waals surface area contributed by atoms with E-state index in [0.29, 0.717) is 6.54 Å². The van der Waals surface area contributed by atoms with Gasteiger partial charge >= 0.3 is 0 Å². The van der Waals surface area contributed by atoms with Crippen molar-refractivity contribution >= 4 is 17.5 Å². The van der Waals surface area contributed by atoms with Gasteiger partial charge in [0, 0.05) is 70.3 Å². The molecule has 1 N–H and O–H groups in total. The zero-order valence-corrected chi connectivity index (χ0v) is 18.5. The van der Waals surface area contributed by atoms with Gasteiger partial charge in [0.1, 0.15) is 11.6 Å². The molecular weight excluding hydrogens is 392 g/mol. The van der Waals surface area contributed by atoms with E-state index in [9.17, 15) is 0 Å². The van der Waals surface area contributed by atoms with Crippen molar-refractivity contribution < 1.29 is 9.47 Å². The number of benzene rings is 1. The Morgan fingerprint density at radius 3 is 2.45 bits per heavy atom. The van der Waals surface area contributed by atoms with Gasteiger partial charge in [0.2, 0.25) is 0 Å². The molecule has 2 fully saturated rings. The Labute approximate surface area is 184 Å². The Morgan fingerprint density at radius 2 is 1.77 bits per heavy atom. The number of nitrogens with zero attached hydrogens (tertiary/aromatic N) is 5. The van der Waals surface area contributed by atoms with Crippen molar-refractivity contribution in [2.24, 2.45) is 4.99 Å². The molecule has 0 saturated carbocycles. The first-order valence-electron chi connectivity index (χ1n) is 10.9. The van der Waals surface area contributed by atoms with Gasteiger partial charge in [0.05, 0.1) is 20.3 Å². The van der Waals surface area contributed by atoms with Crippen LogP contribution in [0.5, 0.6) is 5.75 Å². The van der Waals surface area contributed by atoms with Gasteiger partial charge in [-0.15, -0.1) is 0 Å². The number of piperazine rings is 1. The Bertz CT molecular complexity index is 859. The number of anilines is 2. The lowest BCUT2D eigenvalue weighted by atomic mass is 10.2. The van der Waals surface area contributed by atoms with E-state index in [1.54, 1.807) is 7.11 Å². The molecule has 166 valence electrons. The van der Waals surface area contributed by atoms with Gasteiger partial charge in [-0.2, -0.15) is 0 Å². The summed E-state index contributed by atoms with van der Waals surface area (Å²) in [6.07, 6.45) is 1.86. The van der Waals surface area contributed by atoms with Crippen molar-refractivity contribution in [1.82, 2.24) is 15.2 Å². The van der Waals surface area contributed by atoms with E-state index < -0.39 is 0 Å². The van der Waals surface area contributed by atoms with Crippen LogP contribution in [0.3, 0.4) is 0 Å². The molecule has 4 rings (SSSR count). The van der Waals surface area contributed by atoms with Crippen LogP contribution < -0.4 is 19.9 Å². The quantitative estimate of drug-likeness (QED) is 0.580. The molecule has 2 aromatic rings. The first-order valence-corrected chi connectivity index (χ1v) is 10.9. The molecule has 31 heavy (non-hydrogen) atoms. The number of methoxy groups -OCH3 is 1. The first kappa shape index (κ1) is 21.2. The van der Waals surface area contributed by atoms with Crippen molar-refractivity contribution in [2.45, 2.75) is 6.54 Å². The minimum absolute atomic E-state index is 0.700. The topological polar surface area (TPSA) is 65.5 Å². The van der Waals surface area contributed by atoms with E-state index in [0.717, 1.165) is 70.0 Å². The Morgan fingerprint density at radius 1 is 1.03 bits per heavy atom. The maximum absolute atomic E-state index is 5.49. The van der Waals surface area contributed by atoms with Crippen LogP contribution in [0.25, 0.3) is 0 Å². The monoisotopic (exact) mass is 424 g/mol. The molecule has 2 aliphatic rings. The third-order valence-corrected chi connectivity index (χ3v) is 5.84. The fourth-order valence-electron chi connectivity index (χ4n) is 4.10. The van der Waals surface area contributed by atoms with Crippen LogP contribution in [0.2, 0.25) is 0 Å². The average molecular weight is 425 g/mol. The van der Waals surface area contributed by atoms with Gasteiger partial charge < -0.3 is 29.5 Å². The zero-order chi connectivity index (χ0) is 21.5. The summed E-state index contributed by atoms with van der Waals surface area (Å²) in [5.41, 5.74) is 2.41. The maximum Gasteiger partial charge on any atom is 0.194 e. The van der Waals surface area contributed by atoms with Crippen LogP contribution >= 0.6 is 0 Å². The fourth-order valence-corrected chi connectivity index (χ4v) is 4.10. The highest BCUT2D eigenvalue weighted by Crippen LogP contribution is 2.21. The molecule has 8 nitrogen and oxygen atoms in total. The van der Waals surface area contributed by atoms with Gasteiger partial charge in [-0.25, -0.2) is 4.98 Å². The summed E-state index contributed by atoms with van der Waals surface area (Å²) in [7, 11) is 3.55. The highest BCUT2D eigenvalue weighted by atomic mass is 16.5. The lowest BCUT2D eigenvalue weighted by Crippen LogP contribution is -2.52. The smallest absolute Gasteiger partial charge is 0.194 e. The number of rotatable bonds is 5. The number of aromatic nitrogens is 1. The summed E-state index contributed by atoms with van der Waals surface area (Å²) in [6.45, 7) is 7.74. The molecule has 1 aromatic heterocycles. The summed E-state index contributed by atoms with van der Waals surface area (Å²) >= 11 is 0. The molecule has 0 spiro atoms. The Hall–Kier alpha value is -3.00. The predicted molar refractivity (Wildman–Crippen MR) is 124 cm³/mol. The van der Waals surface area contributed by atoms with Gasteiger partial charge in [-0.1, -0.05) is 6.07 Å². The molecule has 2 saturated heterocycles. The molecule has 3 heterocycles. The van der Waals surface area contributed by atoms with Crippen molar-refractivity contribution in [1.29, 1.82) is 0 Å². The second-order valence-corrected chi connectivity index (χ2v) is 7.66. The van der Waals surface area contributed by atoms with Gasteiger partial charge in [0.25, 0.3) is 0 Å². The third kappa shape index (κ3) is 5.19. The summed E-state index contributed by atoms with van der Waals surface area (Å²) in [5.74, 6) is 2.86. The zero-order valence-electron chi connectivity index (χ0n) is 18.5. The number of hydrogen-bond acceptors (Lipinski definition) is 6. The lowest BCUT2D eigenvalue weighted by Gasteiger charge is -2.38. The number of nitrogens with one attached hydrogen (secondary N) is 1. The van der Waals surface area contributed by atoms with Crippen molar-refractivity contribution in [2.75, 3.05) is 76.4 Å². The molecule has 2 aliphatic heterocycles. The Balaban J connectivity index is 1.33. The van der Waals surface area contributed by atoms with Crippen LogP contribution in [0.1, 0.15) is 5.56 Å². The van der Waals surface area contributed by atoms with E-state index in [1.165, 1.54) is 11.3 Å². The molecule has 1 aromatic carbocycles. The fraction of sp³-hybridized carbons (Fsp3) is 0.478. The average Bonchev–Trinajstić information content (AvgIpc) is 2.86. The van der Waals surface area contributed by atoms with Crippen molar-refractivity contribution in [3.8, 4) is 5.75 Å². The third-order valence-electron chi connectivity index (χ3n) is 5.84. The largest absolute Gasteiger partial charge is 0.497 e. The highest BCUT2D eigenvalue weighted by Gasteiger charge is 2.21. The molecule has 0 atom stereocenters. The second kappa shape index (κ2) is 10.3. The van der Waals surface area contributed by atoms with E-state index >= 15 is 0 Å². The van der Waals surface area contributed by atoms with Crippen LogP contribution in [-0.2, 0) is 11.3 Å². The van der Waals surface area contributed by atoms with E-state index in [2.05, 4.69) is 48.2 Å². The van der Waals surface area contributed by atoms with Gasteiger partial charge in [-0.3, -0.25) is 4.99 Å². The number of ether oxygens (including phenoxy) is 2. The van der Waals surface area contributed by atoms with E-state index in [4.69, 9.17) is 9.47 Å². The van der Waals surface area contributed by atoms with Gasteiger partial charge in [-0.05, 0) is 30.3 Å². The number of pyridine rings is 1. The molecule has 0 unspecified atom stereocenters. The molecule has 8 heteroatoms. The van der Waals surface area contributed by atoms with Crippen LogP contribution in [0.15, 0.2) is 47.6 Å². The van der Waals surface area contributed by atoms with Crippen molar-refractivity contribution in [3.05, 3.63) is 48.2 Å². The summed E-state index contributed by atoms with van der Waals surface area (Å²) in [5, 5.41) is 3.55. The SMILES string of the molecule is CN=C(NCc1cccnc1N1CCOCC1)N1CCN(c2ccc(OC)cc2)CC1. The minimum atomic E-state index is 0.700. The molecular formula is C23H32N6O2. The van der Waals surface area contributed by atoms with Crippen molar-refractivity contribution in [3.63, 3.8) is 0 Å². The molecule has 0 radical (unpaired) electrons.